The molecule has 2 saturated heterocycles. The monoisotopic (exact) mass is 651 g/mol. The predicted octanol–water partition coefficient (Wildman–Crippen LogP) is 1.01. The molecule has 2 amide bonds. The molecule has 2 aromatic carbocycles. The normalized spacial score (nSPS) is 23.3. The average molecular weight is 652 g/mol. The van der Waals surface area contributed by atoms with Gasteiger partial charge in [0.05, 0.1) is 19.0 Å². The van der Waals surface area contributed by atoms with Crippen molar-refractivity contribution in [3.05, 3.63) is 72.1 Å². The minimum Gasteiger partial charge on any atom is -0.495 e. The van der Waals surface area contributed by atoms with Crippen molar-refractivity contribution >= 4 is 34.8 Å². The van der Waals surface area contributed by atoms with Gasteiger partial charge in [0.15, 0.2) is 6.10 Å². The molecule has 15 heteroatoms. The molecule has 0 unspecified atom stereocenters. The Morgan fingerprint density at radius 1 is 0.894 bits per heavy atom. The Bertz CT molecular complexity index is 1570. The van der Waals surface area contributed by atoms with Crippen LogP contribution < -0.4 is 25.0 Å². The number of likely N-dealkylation sites (N-methyl/N-ethyl adjacent to an activating group) is 1. The molecule has 2 aliphatic rings. The van der Waals surface area contributed by atoms with Crippen LogP contribution in [0.5, 0.6) is 11.5 Å². The van der Waals surface area contributed by atoms with Crippen LogP contribution in [0.2, 0.25) is 0 Å². The van der Waals surface area contributed by atoms with Gasteiger partial charge in [-0.3, -0.25) is 9.59 Å². The molecular weight excluding hydrogens is 614 g/mol. The summed E-state index contributed by atoms with van der Waals surface area (Å²) < 4.78 is 16.2. The highest BCUT2D eigenvalue weighted by atomic mass is 16.7. The van der Waals surface area contributed by atoms with Gasteiger partial charge in [0, 0.05) is 30.9 Å². The van der Waals surface area contributed by atoms with Gasteiger partial charge in [-0.1, -0.05) is 6.07 Å². The molecule has 2 fully saturated rings. The third-order valence-electron chi connectivity index (χ3n) is 7.99. The van der Waals surface area contributed by atoms with Crippen LogP contribution in [0.25, 0.3) is 0 Å². The van der Waals surface area contributed by atoms with E-state index in [-0.39, 0.29) is 22.8 Å². The lowest BCUT2D eigenvalue weighted by molar-refractivity contribution is -0.271. The maximum atomic E-state index is 13.6. The van der Waals surface area contributed by atoms with Crippen LogP contribution in [0.4, 0.5) is 17.1 Å². The van der Waals surface area contributed by atoms with Gasteiger partial charge in [-0.25, -0.2) is 9.78 Å². The fraction of sp³-hybridized carbons (Fsp3) is 0.375. The fourth-order valence-corrected chi connectivity index (χ4v) is 5.27. The Morgan fingerprint density at radius 3 is 2.34 bits per heavy atom. The Morgan fingerprint density at radius 2 is 1.66 bits per heavy atom. The Balaban J connectivity index is 1.42. The summed E-state index contributed by atoms with van der Waals surface area (Å²) in [5, 5.41) is 45.8. The second-order valence-electron chi connectivity index (χ2n) is 11.2. The summed E-state index contributed by atoms with van der Waals surface area (Å²) in [4.78, 5) is 46.9. The molecule has 0 radical (unpaired) electrons. The molecule has 2 aliphatic heterocycles. The SMILES string of the molecule is COc1ccc(C(=O)Nc2cccc(O[C@@H]3O[C@H](C(=O)O)[C@@H](O)[C@H](O)[C@H]3O)c2NC(=O)c2ccc(N3CCCN(C)CC3)cc2)nc1. The van der Waals surface area contributed by atoms with E-state index in [1.807, 2.05) is 12.1 Å². The molecule has 15 nitrogen and oxygen atoms in total. The highest BCUT2D eigenvalue weighted by Gasteiger charge is 2.48. The highest BCUT2D eigenvalue weighted by molar-refractivity contribution is 6.10. The number of rotatable bonds is 9. The number of anilines is 3. The van der Waals surface area contributed by atoms with Gasteiger partial charge in [-0.2, -0.15) is 0 Å². The van der Waals surface area contributed by atoms with E-state index in [0.29, 0.717) is 11.3 Å². The van der Waals surface area contributed by atoms with Crippen LogP contribution in [-0.2, 0) is 9.53 Å². The number of carboxylic acid groups (broad SMARTS) is 1. The molecule has 250 valence electrons. The van der Waals surface area contributed by atoms with Crippen LogP contribution >= 0.6 is 0 Å². The van der Waals surface area contributed by atoms with E-state index in [4.69, 9.17) is 14.2 Å². The van der Waals surface area contributed by atoms with E-state index in [0.717, 1.165) is 38.3 Å². The Labute approximate surface area is 270 Å². The molecule has 0 saturated carbocycles. The van der Waals surface area contributed by atoms with Crippen molar-refractivity contribution in [2.75, 3.05) is 55.9 Å². The Kier molecular flexibility index (Phi) is 10.5. The summed E-state index contributed by atoms with van der Waals surface area (Å²) in [6.07, 6.45) is -7.02. The van der Waals surface area contributed by atoms with Gasteiger partial charge < -0.3 is 55.1 Å². The van der Waals surface area contributed by atoms with E-state index in [9.17, 15) is 34.8 Å². The molecule has 47 heavy (non-hydrogen) atoms. The summed E-state index contributed by atoms with van der Waals surface area (Å²) in [5.74, 6) is -2.48. The number of aliphatic hydroxyl groups is 3. The lowest BCUT2D eigenvalue weighted by Crippen LogP contribution is -2.61. The van der Waals surface area contributed by atoms with Crippen molar-refractivity contribution in [2.24, 2.45) is 0 Å². The van der Waals surface area contributed by atoms with E-state index in [2.05, 4.69) is 32.5 Å². The van der Waals surface area contributed by atoms with E-state index in [1.165, 1.54) is 37.6 Å². The number of aliphatic carboxylic acids is 1. The van der Waals surface area contributed by atoms with Gasteiger partial charge >= 0.3 is 5.97 Å². The number of amides is 2. The van der Waals surface area contributed by atoms with E-state index in [1.54, 1.807) is 18.2 Å². The van der Waals surface area contributed by atoms with Crippen LogP contribution in [-0.4, -0.2) is 119 Å². The van der Waals surface area contributed by atoms with Crippen LogP contribution in [0.1, 0.15) is 27.3 Å². The molecule has 3 heterocycles. The first-order valence-electron chi connectivity index (χ1n) is 14.9. The van der Waals surface area contributed by atoms with Gasteiger partial charge in [0.25, 0.3) is 11.8 Å². The molecule has 5 atom stereocenters. The molecule has 3 aromatic rings. The van der Waals surface area contributed by atoms with Crippen molar-refractivity contribution in [1.82, 2.24) is 9.88 Å². The minimum absolute atomic E-state index is 0.0390. The quantitative estimate of drug-likeness (QED) is 0.192. The number of hydrogen-bond donors (Lipinski definition) is 6. The molecule has 0 aliphatic carbocycles. The molecular formula is C32H37N5O10. The molecule has 0 bridgehead atoms. The zero-order valence-corrected chi connectivity index (χ0v) is 25.8. The molecule has 0 spiro atoms. The van der Waals surface area contributed by atoms with Crippen molar-refractivity contribution < 1.29 is 49.0 Å². The largest absolute Gasteiger partial charge is 0.495 e. The summed E-state index contributed by atoms with van der Waals surface area (Å²) in [5.41, 5.74) is 1.32. The second kappa shape index (κ2) is 14.7. The van der Waals surface area contributed by atoms with Crippen LogP contribution in [0.15, 0.2) is 60.8 Å². The number of hydrogen-bond acceptors (Lipinski definition) is 12. The number of pyridine rings is 1. The van der Waals surface area contributed by atoms with Crippen molar-refractivity contribution in [3.8, 4) is 11.5 Å². The molecule has 5 rings (SSSR count). The van der Waals surface area contributed by atoms with Gasteiger partial charge in [-0.05, 0) is 68.5 Å². The smallest absolute Gasteiger partial charge is 0.335 e. The first kappa shape index (κ1) is 33.6. The first-order chi connectivity index (χ1) is 22.5. The standard InChI is InChI=1S/C32H37N5O10/c1-36-13-4-14-37(16-15-36)19-9-7-18(8-10-19)29(41)35-24-21(34-30(42)22-12-11-20(45-2)17-33-22)5-3-6-23(24)46-32-27(40)25(38)26(39)28(47-32)31(43)44/h3,5-12,17,25-28,32,38-40H,4,13-16H2,1-2H3,(H,34,42)(H,35,41)(H,43,44)/t25-,26-,27+,28-,32+/m0/s1. The number of aromatic nitrogens is 1. The summed E-state index contributed by atoms with van der Waals surface area (Å²) in [7, 11) is 3.55. The van der Waals surface area contributed by atoms with E-state index < -0.39 is 48.5 Å². The van der Waals surface area contributed by atoms with Gasteiger partial charge in [-0.15, -0.1) is 0 Å². The second-order valence-corrected chi connectivity index (χ2v) is 11.2. The zero-order chi connectivity index (χ0) is 33.7. The molecule has 6 N–H and O–H groups in total. The minimum atomic E-state index is -1.93. The maximum absolute atomic E-state index is 13.6. The number of carbonyl (C=O) groups is 3. The number of aliphatic hydroxyl groups excluding tert-OH is 3. The van der Waals surface area contributed by atoms with Crippen molar-refractivity contribution in [1.29, 1.82) is 0 Å². The Hall–Kier alpha value is -4.80. The maximum Gasteiger partial charge on any atom is 0.335 e. The highest BCUT2D eigenvalue weighted by Crippen LogP contribution is 2.36. The first-order valence-corrected chi connectivity index (χ1v) is 14.9. The number of methoxy groups -OCH3 is 1. The third-order valence-corrected chi connectivity index (χ3v) is 7.99. The van der Waals surface area contributed by atoms with Crippen LogP contribution in [0, 0.1) is 0 Å². The van der Waals surface area contributed by atoms with E-state index >= 15 is 0 Å². The van der Waals surface area contributed by atoms with Gasteiger partial charge in [0.1, 0.15) is 41.2 Å². The average Bonchev–Trinajstić information content (AvgIpc) is 3.30. The van der Waals surface area contributed by atoms with Crippen molar-refractivity contribution in [2.45, 2.75) is 37.1 Å². The number of benzene rings is 2. The lowest BCUT2D eigenvalue weighted by atomic mass is 9.99. The number of nitrogens with zero attached hydrogens (tertiary/aromatic N) is 3. The lowest BCUT2D eigenvalue weighted by Gasteiger charge is -2.38. The number of carboxylic acids is 1. The predicted molar refractivity (Wildman–Crippen MR) is 169 cm³/mol. The summed E-state index contributed by atoms with van der Waals surface area (Å²) >= 11 is 0. The summed E-state index contributed by atoms with van der Waals surface area (Å²) in [6.45, 7) is 3.66. The molecule has 1 aromatic heterocycles. The topological polar surface area (TPSA) is 203 Å². The van der Waals surface area contributed by atoms with Crippen LogP contribution in [0.3, 0.4) is 0 Å². The third kappa shape index (κ3) is 7.78. The fourth-order valence-electron chi connectivity index (χ4n) is 5.27. The number of nitrogens with one attached hydrogen (secondary N) is 2. The summed E-state index contributed by atoms with van der Waals surface area (Å²) in [6, 6.07) is 14.4. The number of ether oxygens (including phenoxy) is 3. The number of carbonyl (C=O) groups excluding carboxylic acids is 2. The number of para-hydroxylation sites is 1. The van der Waals surface area contributed by atoms with Gasteiger partial charge in [0.2, 0.25) is 6.29 Å². The van der Waals surface area contributed by atoms with Crippen molar-refractivity contribution in [3.63, 3.8) is 0 Å². The zero-order valence-electron chi connectivity index (χ0n) is 25.8.